The van der Waals surface area contributed by atoms with Gasteiger partial charge in [0.1, 0.15) is 5.78 Å². The van der Waals surface area contributed by atoms with Crippen LogP contribution >= 0.6 is 0 Å². The second kappa shape index (κ2) is 5.41. The van der Waals surface area contributed by atoms with Gasteiger partial charge in [0.25, 0.3) is 0 Å². The van der Waals surface area contributed by atoms with E-state index in [1.54, 1.807) is 6.92 Å². The van der Waals surface area contributed by atoms with Crippen LogP contribution in [0.4, 0.5) is 0 Å². The summed E-state index contributed by atoms with van der Waals surface area (Å²) in [4.78, 5) is 18.1. The van der Waals surface area contributed by atoms with Crippen molar-refractivity contribution in [2.75, 3.05) is 6.54 Å². The highest BCUT2D eigenvalue weighted by Gasteiger charge is 2.30. The van der Waals surface area contributed by atoms with Gasteiger partial charge < -0.3 is 4.52 Å². The molecule has 2 aliphatic rings. The van der Waals surface area contributed by atoms with Crippen LogP contribution in [0.3, 0.4) is 0 Å². The fourth-order valence-electron chi connectivity index (χ4n) is 2.84. The molecule has 0 aromatic carbocycles. The molecular formula is C14H21N3O2. The first kappa shape index (κ1) is 12.8. The Kier molecular flexibility index (Phi) is 3.64. The van der Waals surface area contributed by atoms with Crippen molar-refractivity contribution in [3.05, 3.63) is 11.7 Å². The molecule has 1 saturated carbocycles. The smallest absolute Gasteiger partial charge is 0.240 e. The summed E-state index contributed by atoms with van der Waals surface area (Å²) in [7, 11) is 0. The van der Waals surface area contributed by atoms with E-state index in [0.717, 1.165) is 18.8 Å². The first-order valence-corrected chi connectivity index (χ1v) is 7.28. The van der Waals surface area contributed by atoms with Crippen molar-refractivity contribution < 1.29 is 9.32 Å². The highest BCUT2D eigenvalue weighted by Crippen LogP contribution is 2.38. The number of Topliss-reactive ketones (excluding diaryl/α,β-unsaturated/α-hetero) is 1. The zero-order valence-electron chi connectivity index (χ0n) is 11.5. The molecule has 1 aliphatic carbocycles. The number of carbonyl (C=O) groups is 1. The average molecular weight is 263 g/mol. The molecule has 1 aliphatic heterocycles. The van der Waals surface area contributed by atoms with E-state index in [4.69, 9.17) is 4.52 Å². The number of carbonyl (C=O) groups excluding carboxylic acids is 1. The van der Waals surface area contributed by atoms with E-state index in [0.29, 0.717) is 30.8 Å². The molecule has 5 nitrogen and oxygen atoms in total. The van der Waals surface area contributed by atoms with Crippen molar-refractivity contribution in [1.29, 1.82) is 0 Å². The molecule has 3 rings (SSSR count). The van der Waals surface area contributed by atoms with Crippen LogP contribution in [0.15, 0.2) is 4.52 Å². The second-order valence-electron chi connectivity index (χ2n) is 5.85. The molecule has 0 amide bonds. The standard InChI is InChI=1S/C14H21N3O2/c1-10(18)8-12-4-2-3-7-17(12)9-13-15-14(16-19-13)11-5-6-11/h11-12H,2-9H2,1H3. The van der Waals surface area contributed by atoms with Crippen molar-refractivity contribution in [2.45, 2.75) is 64.0 Å². The van der Waals surface area contributed by atoms with E-state index in [1.807, 2.05) is 0 Å². The maximum absolute atomic E-state index is 11.3. The van der Waals surface area contributed by atoms with E-state index in [-0.39, 0.29) is 5.78 Å². The molecule has 1 atom stereocenters. The van der Waals surface area contributed by atoms with Crippen LogP contribution in [0.5, 0.6) is 0 Å². The number of rotatable bonds is 5. The topological polar surface area (TPSA) is 59.2 Å². The molecule has 1 aromatic rings. The third-order valence-corrected chi connectivity index (χ3v) is 4.04. The summed E-state index contributed by atoms with van der Waals surface area (Å²) in [5, 5.41) is 4.05. The van der Waals surface area contributed by atoms with Gasteiger partial charge in [-0.05, 0) is 39.2 Å². The Morgan fingerprint density at radius 1 is 1.37 bits per heavy atom. The molecule has 1 saturated heterocycles. The third kappa shape index (κ3) is 3.21. The fourth-order valence-corrected chi connectivity index (χ4v) is 2.84. The first-order chi connectivity index (χ1) is 9.22. The summed E-state index contributed by atoms with van der Waals surface area (Å²) in [6.45, 7) is 3.39. The number of aromatic nitrogens is 2. The summed E-state index contributed by atoms with van der Waals surface area (Å²) in [5.74, 6) is 2.38. The molecule has 0 bridgehead atoms. The SMILES string of the molecule is CC(=O)CC1CCCCN1Cc1nc(C2CC2)no1. The van der Waals surface area contributed by atoms with Gasteiger partial charge in [-0.15, -0.1) is 0 Å². The van der Waals surface area contributed by atoms with Crippen LogP contribution in [0.25, 0.3) is 0 Å². The highest BCUT2D eigenvalue weighted by molar-refractivity contribution is 5.76. The Bertz CT molecular complexity index is 453. The molecule has 2 fully saturated rings. The van der Waals surface area contributed by atoms with Crippen molar-refractivity contribution >= 4 is 5.78 Å². The zero-order chi connectivity index (χ0) is 13.2. The number of hydrogen-bond donors (Lipinski definition) is 0. The van der Waals surface area contributed by atoms with E-state index in [2.05, 4.69) is 15.0 Å². The van der Waals surface area contributed by atoms with E-state index >= 15 is 0 Å². The minimum Gasteiger partial charge on any atom is -0.338 e. The minimum absolute atomic E-state index is 0.265. The molecule has 0 N–H and O–H groups in total. The fraction of sp³-hybridized carbons (Fsp3) is 0.786. The van der Waals surface area contributed by atoms with Crippen LogP contribution in [0.2, 0.25) is 0 Å². The van der Waals surface area contributed by atoms with Crippen LogP contribution in [-0.4, -0.2) is 33.4 Å². The summed E-state index contributed by atoms with van der Waals surface area (Å²) < 4.78 is 5.33. The Morgan fingerprint density at radius 2 is 2.21 bits per heavy atom. The molecule has 2 heterocycles. The van der Waals surface area contributed by atoms with E-state index < -0.39 is 0 Å². The van der Waals surface area contributed by atoms with Crippen molar-refractivity contribution in [3.63, 3.8) is 0 Å². The van der Waals surface area contributed by atoms with E-state index in [1.165, 1.54) is 25.7 Å². The number of likely N-dealkylation sites (tertiary alicyclic amines) is 1. The quantitative estimate of drug-likeness (QED) is 0.815. The Morgan fingerprint density at radius 3 is 2.95 bits per heavy atom. The largest absolute Gasteiger partial charge is 0.338 e. The van der Waals surface area contributed by atoms with Crippen LogP contribution in [0.1, 0.15) is 63.1 Å². The Balaban J connectivity index is 1.63. The van der Waals surface area contributed by atoms with Gasteiger partial charge >= 0.3 is 0 Å². The molecule has 0 spiro atoms. The lowest BCUT2D eigenvalue weighted by molar-refractivity contribution is -0.118. The van der Waals surface area contributed by atoms with Gasteiger partial charge in [-0.25, -0.2) is 0 Å². The molecular weight excluding hydrogens is 242 g/mol. The van der Waals surface area contributed by atoms with Crippen LogP contribution in [0, 0.1) is 0 Å². The zero-order valence-corrected chi connectivity index (χ0v) is 11.5. The number of hydrogen-bond acceptors (Lipinski definition) is 5. The Labute approximate surface area is 113 Å². The van der Waals surface area contributed by atoms with Crippen molar-refractivity contribution in [2.24, 2.45) is 0 Å². The summed E-state index contributed by atoms with van der Waals surface area (Å²) >= 11 is 0. The molecule has 104 valence electrons. The molecule has 5 heteroatoms. The highest BCUT2D eigenvalue weighted by atomic mass is 16.5. The predicted molar refractivity (Wildman–Crippen MR) is 69.6 cm³/mol. The lowest BCUT2D eigenvalue weighted by Gasteiger charge is -2.34. The van der Waals surface area contributed by atoms with Gasteiger partial charge in [-0.3, -0.25) is 9.69 Å². The predicted octanol–water partition coefficient (Wildman–Crippen LogP) is 2.28. The molecule has 19 heavy (non-hydrogen) atoms. The maximum Gasteiger partial charge on any atom is 0.240 e. The summed E-state index contributed by atoms with van der Waals surface area (Å²) in [6, 6.07) is 0.350. The minimum atomic E-state index is 0.265. The van der Waals surface area contributed by atoms with Gasteiger partial charge in [-0.2, -0.15) is 4.98 Å². The number of piperidine rings is 1. The average Bonchev–Trinajstić information content (AvgIpc) is 3.12. The number of ketones is 1. The lowest BCUT2D eigenvalue weighted by Crippen LogP contribution is -2.40. The monoisotopic (exact) mass is 263 g/mol. The molecule has 0 radical (unpaired) electrons. The van der Waals surface area contributed by atoms with Gasteiger partial charge in [0.2, 0.25) is 5.89 Å². The third-order valence-electron chi connectivity index (χ3n) is 4.04. The normalized spacial score (nSPS) is 24.6. The van der Waals surface area contributed by atoms with Crippen molar-refractivity contribution in [3.8, 4) is 0 Å². The lowest BCUT2D eigenvalue weighted by atomic mass is 9.98. The number of nitrogens with zero attached hydrogens (tertiary/aromatic N) is 3. The van der Waals surface area contributed by atoms with Gasteiger partial charge in [-0.1, -0.05) is 11.6 Å². The molecule has 1 unspecified atom stereocenters. The Hall–Kier alpha value is -1.23. The summed E-state index contributed by atoms with van der Waals surface area (Å²) in [6.07, 6.45) is 6.53. The van der Waals surface area contributed by atoms with E-state index in [9.17, 15) is 4.79 Å². The second-order valence-corrected chi connectivity index (χ2v) is 5.85. The van der Waals surface area contributed by atoms with Gasteiger partial charge in [0.05, 0.1) is 6.54 Å². The van der Waals surface area contributed by atoms with Crippen LogP contribution < -0.4 is 0 Å². The summed E-state index contributed by atoms with van der Waals surface area (Å²) in [5.41, 5.74) is 0. The first-order valence-electron chi connectivity index (χ1n) is 7.28. The molecule has 1 aromatic heterocycles. The van der Waals surface area contributed by atoms with Crippen LogP contribution in [-0.2, 0) is 11.3 Å². The van der Waals surface area contributed by atoms with Gasteiger partial charge in [0.15, 0.2) is 5.82 Å². The van der Waals surface area contributed by atoms with Gasteiger partial charge in [0, 0.05) is 18.4 Å². The van der Waals surface area contributed by atoms with Crippen molar-refractivity contribution in [1.82, 2.24) is 15.0 Å². The maximum atomic E-state index is 11.3.